The molecule has 0 aliphatic carbocycles. The van der Waals surface area contributed by atoms with Gasteiger partial charge in [0.25, 0.3) is 0 Å². The van der Waals surface area contributed by atoms with Gasteiger partial charge in [0.1, 0.15) is 5.54 Å². The second-order valence-electron chi connectivity index (χ2n) is 5.06. The van der Waals surface area contributed by atoms with Crippen LogP contribution in [0.5, 0.6) is 0 Å². The molecule has 1 fully saturated rings. The van der Waals surface area contributed by atoms with Gasteiger partial charge in [-0.2, -0.15) is 9.98 Å². The number of nitriles is 1. The first-order valence-electron chi connectivity index (χ1n) is 6.26. The first-order chi connectivity index (χ1) is 9.37. The number of halogens is 1. The molecular weight excluding hydrogens is 342 g/mol. The summed E-state index contributed by atoms with van der Waals surface area (Å²) in [6.45, 7) is 1.41. The summed E-state index contributed by atoms with van der Waals surface area (Å²) in [4.78, 5) is 2.25. The number of nitrogens with zero attached hydrogens (tertiary/aromatic N) is 2. The molecule has 20 heavy (non-hydrogen) atoms. The van der Waals surface area contributed by atoms with Gasteiger partial charge in [0.2, 0.25) is 10.0 Å². The predicted molar refractivity (Wildman–Crippen MR) is 79.5 cm³/mol. The number of sulfonamides is 1. The molecule has 7 heteroatoms. The minimum Gasteiger partial charge on any atom is -0.306 e. The quantitative estimate of drug-likeness (QED) is 0.893. The van der Waals surface area contributed by atoms with Crippen LogP contribution < -0.4 is 4.72 Å². The molecule has 5 nitrogen and oxygen atoms in total. The van der Waals surface area contributed by atoms with Gasteiger partial charge in [-0.15, -0.1) is 0 Å². The molecule has 0 saturated carbocycles. The zero-order valence-corrected chi connectivity index (χ0v) is 13.5. The van der Waals surface area contributed by atoms with E-state index in [4.69, 9.17) is 0 Å². The highest BCUT2D eigenvalue weighted by atomic mass is 79.9. The van der Waals surface area contributed by atoms with Gasteiger partial charge in [0.05, 0.1) is 11.0 Å². The van der Waals surface area contributed by atoms with Gasteiger partial charge in [-0.05, 0) is 38.1 Å². The Balaban J connectivity index is 2.25. The Morgan fingerprint density at radius 3 is 2.60 bits per heavy atom. The molecule has 1 aromatic carbocycles. The molecule has 0 bridgehead atoms. The lowest BCUT2D eigenvalue weighted by Gasteiger charge is -2.35. The lowest BCUT2D eigenvalue weighted by atomic mass is 9.91. The van der Waals surface area contributed by atoms with E-state index in [1.54, 1.807) is 12.1 Å². The largest absolute Gasteiger partial charge is 0.306 e. The minimum atomic E-state index is -3.69. The van der Waals surface area contributed by atoms with E-state index in [2.05, 4.69) is 31.6 Å². The van der Waals surface area contributed by atoms with Crippen LogP contribution in [-0.2, 0) is 10.0 Å². The minimum absolute atomic E-state index is 0.167. The van der Waals surface area contributed by atoms with Crippen molar-refractivity contribution >= 4 is 26.0 Å². The Morgan fingerprint density at radius 2 is 2.05 bits per heavy atom. The normalized spacial score (nSPS) is 19.4. The van der Waals surface area contributed by atoms with Gasteiger partial charge in [-0.1, -0.05) is 22.0 Å². The van der Waals surface area contributed by atoms with E-state index >= 15 is 0 Å². The van der Waals surface area contributed by atoms with Gasteiger partial charge in [0, 0.05) is 17.6 Å². The monoisotopic (exact) mass is 357 g/mol. The first kappa shape index (κ1) is 15.4. The van der Waals surface area contributed by atoms with Gasteiger partial charge in [-0.3, -0.25) is 0 Å². The summed E-state index contributed by atoms with van der Waals surface area (Å²) < 4.78 is 28.1. The molecule has 108 valence electrons. The molecule has 1 saturated heterocycles. The van der Waals surface area contributed by atoms with Crippen molar-refractivity contribution in [1.82, 2.24) is 9.62 Å². The van der Waals surface area contributed by atoms with Crippen molar-refractivity contribution in [1.29, 1.82) is 5.26 Å². The topological polar surface area (TPSA) is 73.2 Å². The van der Waals surface area contributed by atoms with Gasteiger partial charge < -0.3 is 4.90 Å². The molecule has 0 spiro atoms. The number of rotatable bonds is 3. The fourth-order valence-corrected chi connectivity index (χ4v) is 4.16. The lowest BCUT2D eigenvalue weighted by Crippen LogP contribution is -2.53. The maximum atomic E-state index is 12.4. The standard InChI is InChI=1S/C13H16BrN3O2S/c1-17-7-5-13(10-15,6-8-17)16-20(18,19)12-4-2-3-11(14)9-12/h2-4,9,16H,5-8H2,1H3. The van der Waals surface area contributed by atoms with Crippen molar-refractivity contribution in [3.8, 4) is 6.07 Å². The van der Waals surface area contributed by atoms with Crippen LogP contribution in [0.25, 0.3) is 0 Å². The summed E-state index contributed by atoms with van der Waals surface area (Å²) in [7, 11) is -1.73. The van der Waals surface area contributed by atoms with E-state index in [0.717, 1.165) is 0 Å². The van der Waals surface area contributed by atoms with Crippen LogP contribution in [0, 0.1) is 11.3 Å². The second-order valence-corrected chi connectivity index (χ2v) is 7.66. The van der Waals surface area contributed by atoms with E-state index in [1.165, 1.54) is 12.1 Å². The van der Waals surface area contributed by atoms with E-state index in [0.29, 0.717) is 30.4 Å². The van der Waals surface area contributed by atoms with Crippen LogP contribution in [0.2, 0.25) is 0 Å². The first-order valence-corrected chi connectivity index (χ1v) is 8.54. The Labute approximate surface area is 127 Å². The van der Waals surface area contributed by atoms with Crippen molar-refractivity contribution in [2.24, 2.45) is 0 Å². The second kappa shape index (κ2) is 5.82. The third-order valence-electron chi connectivity index (χ3n) is 3.49. The maximum Gasteiger partial charge on any atom is 0.241 e. The van der Waals surface area contributed by atoms with Gasteiger partial charge >= 0.3 is 0 Å². The summed E-state index contributed by atoms with van der Waals surface area (Å²) >= 11 is 3.25. The number of piperidine rings is 1. The van der Waals surface area contributed by atoms with Crippen molar-refractivity contribution in [2.45, 2.75) is 23.3 Å². The smallest absolute Gasteiger partial charge is 0.241 e. The van der Waals surface area contributed by atoms with E-state index in [-0.39, 0.29) is 4.90 Å². The van der Waals surface area contributed by atoms with Crippen LogP contribution in [0.3, 0.4) is 0 Å². The molecule has 0 radical (unpaired) electrons. The summed E-state index contributed by atoms with van der Waals surface area (Å²) in [6.07, 6.45) is 0.987. The molecule has 1 heterocycles. The Morgan fingerprint density at radius 1 is 1.40 bits per heavy atom. The maximum absolute atomic E-state index is 12.4. The molecule has 1 aliphatic rings. The lowest BCUT2D eigenvalue weighted by molar-refractivity contribution is 0.213. The van der Waals surface area contributed by atoms with E-state index in [1.807, 2.05) is 7.05 Å². The van der Waals surface area contributed by atoms with Crippen molar-refractivity contribution < 1.29 is 8.42 Å². The van der Waals surface area contributed by atoms with Gasteiger partial charge in [-0.25, -0.2) is 8.42 Å². The highest BCUT2D eigenvalue weighted by Crippen LogP contribution is 2.24. The molecule has 0 unspecified atom stereocenters. The molecular formula is C13H16BrN3O2S. The highest BCUT2D eigenvalue weighted by molar-refractivity contribution is 9.10. The van der Waals surface area contributed by atoms with Crippen LogP contribution >= 0.6 is 15.9 Å². The molecule has 0 amide bonds. The Bertz CT molecular complexity index is 631. The van der Waals surface area contributed by atoms with Crippen LogP contribution in [0.15, 0.2) is 33.6 Å². The van der Waals surface area contributed by atoms with E-state index < -0.39 is 15.6 Å². The SMILES string of the molecule is CN1CCC(C#N)(NS(=O)(=O)c2cccc(Br)c2)CC1. The molecule has 0 atom stereocenters. The molecule has 1 N–H and O–H groups in total. The number of hydrogen-bond acceptors (Lipinski definition) is 4. The number of likely N-dealkylation sites (tertiary alicyclic amines) is 1. The third kappa shape index (κ3) is 3.38. The Kier molecular flexibility index (Phi) is 4.49. The molecule has 2 rings (SSSR count). The number of benzene rings is 1. The van der Waals surface area contributed by atoms with Crippen molar-refractivity contribution in [3.05, 3.63) is 28.7 Å². The average Bonchev–Trinajstić information content (AvgIpc) is 2.41. The predicted octanol–water partition coefficient (Wildman–Crippen LogP) is 1.72. The zero-order chi connectivity index (χ0) is 14.8. The van der Waals surface area contributed by atoms with Crippen molar-refractivity contribution in [3.63, 3.8) is 0 Å². The average molecular weight is 358 g/mol. The molecule has 1 aliphatic heterocycles. The van der Waals surface area contributed by atoms with E-state index in [9.17, 15) is 13.7 Å². The summed E-state index contributed by atoms with van der Waals surface area (Å²) in [5, 5.41) is 9.39. The summed E-state index contributed by atoms with van der Waals surface area (Å²) in [6, 6.07) is 8.62. The number of hydrogen-bond donors (Lipinski definition) is 1. The van der Waals surface area contributed by atoms with Gasteiger partial charge in [0.15, 0.2) is 0 Å². The third-order valence-corrected chi connectivity index (χ3v) is 5.52. The number of nitrogens with one attached hydrogen (secondary N) is 1. The van der Waals surface area contributed by atoms with Crippen molar-refractivity contribution in [2.75, 3.05) is 20.1 Å². The zero-order valence-electron chi connectivity index (χ0n) is 11.1. The summed E-state index contributed by atoms with van der Waals surface area (Å²) in [5.41, 5.74) is -1.01. The summed E-state index contributed by atoms with van der Waals surface area (Å²) in [5.74, 6) is 0. The Hall–Kier alpha value is -0.940. The van der Waals surface area contributed by atoms with Crippen LogP contribution in [-0.4, -0.2) is 39.0 Å². The fraction of sp³-hybridized carbons (Fsp3) is 0.462. The van der Waals surface area contributed by atoms with Crippen LogP contribution in [0.1, 0.15) is 12.8 Å². The van der Waals surface area contributed by atoms with Crippen LogP contribution in [0.4, 0.5) is 0 Å². The molecule has 0 aromatic heterocycles. The molecule has 1 aromatic rings. The highest BCUT2D eigenvalue weighted by Gasteiger charge is 2.38. The fourth-order valence-electron chi connectivity index (χ4n) is 2.19.